The smallest absolute Gasteiger partial charge is 0.255 e. The minimum absolute atomic E-state index is 0. The molecule has 2 N–H and O–H groups in total. The minimum Gasteiger partial charge on any atom is -0.455 e. The van der Waals surface area contributed by atoms with Gasteiger partial charge in [0.15, 0.2) is 11.0 Å². The fourth-order valence-corrected chi connectivity index (χ4v) is 3.78. The van der Waals surface area contributed by atoms with Crippen LogP contribution in [0.2, 0.25) is 0 Å². The quantitative estimate of drug-likeness (QED) is 0.681. The summed E-state index contributed by atoms with van der Waals surface area (Å²) in [5.74, 6) is 0.735. The average molecular weight is 413 g/mol. The highest BCUT2D eigenvalue weighted by molar-refractivity contribution is 6.05. The summed E-state index contributed by atoms with van der Waals surface area (Å²) in [5.41, 5.74) is 2.00. The zero-order chi connectivity index (χ0) is 19.5. The zero-order valence-electron chi connectivity index (χ0n) is 16.4. The maximum atomic E-state index is 12.9. The molecule has 0 bridgehead atoms. The van der Waals surface area contributed by atoms with Gasteiger partial charge >= 0.3 is 0 Å². The summed E-state index contributed by atoms with van der Waals surface area (Å²) in [6.07, 6.45) is 2.23. The van der Waals surface area contributed by atoms with Crippen LogP contribution in [0.25, 0.3) is 22.3 Å². The molecule has 1 aliphatic rings. The van der Waals surface area contributed by atoms with Gasteiger partial charge in [-0.1, -0.05) is 36.4 Å². The van der Waals surface area contributed by atoms with Crippen molar-refractivity contribution in [3.8, 4) is 11.3 Å². The van der Waals surface area contributed by atoms with Crippen LogP contribution in [0.4, 0.5) is 0 Å². The lowest BCUT2D eigenvalue weighted by molar-refractivity contribution is 0.0945. The van der Waals surface area contributed by atoms with E-state index in [9.17, 15) is 9.59 Å². The second kappa shape index (κ2) is 9.25. The van der Waals surface area contributed by atoms with Gasteiger partial charge in [0.05, 0.1) is 10.9 Å². The number of nitrogens with one attached hydrogen (secondary N) is 2. The molecule has 4 rings (SSSR count). The SMILES string of the molecule is Cc1c(-c2ccccc2)oc2c(C(=O)NCC3CCCNC3)cccc2c1=O.Cl. The molecule has 6 heteroatoms. The van der Waals surface area contributed by atoms with Crippen LogP contribution >= 0.6 is 12.4 Å². The Kier molecular flexibility index (Phi) is 6.72. The monoisotopic (exact) mass is 412 g/mol. The molecule has 1 aliphatic heterocycles. The van der Waals surface area contributed by atoms with E-state index < -0.39 is 0 Å². The fraction of sp³-hybridized carbons (Fsp3) is 0.304. The van der Waals surface area contributed by atoms with Crippen LogP contribution in [0.1, 0.15) is 28.8 Å². The molecule has 0 saturated carbocycles. The van der Waals surface area contributed by atoms with Crippen LogP contribution in [-0.2, 0) is 0 Å². The summed E-state index contributed by atoms with van der Waals surface area (Å²) in [6, 6.07) is 14.7. The van der Waals surface area contributed by atoms with Crippen molar-refractivity contribution < 1.29 is 9.21 Å². The average Bonchev–Trinajstić information content (AvgIpc) is 2.75. The molecule has 1 saturated heterocycles. The van der Waals surface area contributed by atoms with Crippen molar-refractivity contribution in [2.24, 2.45) is 5.92 Å². The molecule has 1 unspecified atom stereocenters. The van der Waals surface area contributed by atoms with Crippen LogP contribution in [0.3, 0.4) is 0 Å². The van der Waals surface area contributed by atoms with Gasteiger partial charge in [0.2, 0.25) is 0 Å². The van der Waals surface area contributed by atoms with E-state index in [0.29, 0.717) is 40.3 Å². The number of halogens is 1. The van der Waals surface area contributed by atoms with E-state index in [1.807, 2.05) is 30.3 Å². The molecule has 1 amide bonds. The number of carbonyl (C=O) groups excluding carboxylic acids is 1. The summed E-state index contributed by atoms with van der Waals surface area (Å²) in [5, 5.41) is 6.80. The molecule has 0 radical (unpaired) electrons. The van der Waals surface area contributed by atoms with Gasteiger partial charge in [-0.3, -0.25) is 9.59 Å². The van der Waals surface area contributed by atoms with Crippen LogP contribution in [0.15, 0.2) is 57.7 Å². The molecule has 1 aromatic heterocycles. The van der Waals surface area contributed by atoms with Gasteiger partial charge in [-0.15, -0.1) is 12.4 Å². The van der Waals surface area contributed by atoms with Crippen molar-refractivity contribution in [1.82, 2.24) is 10.6 Å². The Morgan fingerprint density at radius 2 is 1.97 bits per heavy atom. The first kappa shape index (κ1) is 21.1. The zero-order valence-corrected chi connectivity index (χ0v) is 17.2. The van der Waals surface area contributed by atoms with Gasteiger partial charge in [-0.2, -0.15) is 0 Å². The van der Waals surface area contributed by atoms with Gasteiger partial charge in [0.25, 0.3) is 5.91 Å². The second-order valence-electron chi connectivity index (χ2n) is 7.36. The third-order valence-corrected chi connectivity index (χ3v) is 5.38. The van der Waals surface area contributed by atoms with Crippen molar-refractivity contribution >= 4 is 29.3 Å². The summed E-state index contributed by atoms with van der Waals surface area (Å²) in [7, 11) is 0. The number of hydrogen-bond acceptors (Lipinski definition) is 4. The predicted octanol–water partition coefficient (Wildman–Crippen LogP) is 3.92. The van der Waals surface area contributed by atoms with Gasteiger partial charge in [-0.25, -0.2) is 0 Å². The van der Waals surface area contributed by atoms with E-state index in [1.165, 1.54) is 0 Å². The predicted molar refractivity (Wildman–Crippen MR) is 118 cm³/mol. The van der Waals surface area contributed by atoms with Crippen molar-refractivity contribution in [2.45, 2.75) is 19.8 Å². The van der Waals surface area contributed by atoms with E-state index in [4.69, 9.17) is 4.42 Å². The fourth-order valence-electron chi connectivity index (χ4n) is 3.78. The Morgan fingerprint density at radius 1 is 1.17 bits per heavy atom. The van der Waals surface area contributed by atoms with Gasteiger partial charge in [-0.05, 0) is 50.9 Å². The van der Waals surface area contributed by atoms with Gasteiger partial charge in [0, 0.05) is 17.7 Å². The third kappa shape index (κ3) is 4.36. The lowest BCUT2D eigenvalue weighted by Gasteiger charge is -2.22. The lowest BCUT2D eigenvalue weighted by Crippen LogP contribution is -2.38. The topological polar surface area (TPSA) is 71.3 Å². The van der Waals surface area contributed by atoms with E-state index in [0.717, 1.165) is 31.5 Å². The van der Waals surface area contributed by atoms with Crippen LogP contribution in [0.5, 0.6) is 0 Å². The number of hydrogen-bond donors (Lipinski definition) is 2. The number of carbonyl (C=O) groups is 1. The number of para-hydroxylation sites is 1. The minimum atomic E-state index is -0.206. The van der Waals surface area contributed by atoms with E-state index in [2.05, 4.69) is 10.6 Å². The molecule has 5 nitrogen and oxygen atoms in total. The summed E-state index contributed by atoms with van der Waals surface area (Å²) in [6.45, 7) is 4.34. The van der Waals surface area contributed by atoms with Gasteiger partial charge < -0.3 is 15.1 Å². The van der Waals surface area contributed by atoms with Crippen molar-refractivity contribution in [3.63, 3.8) is 0 Å². The Bertz CT molecular complexity index is 1060. The molecular formula is C23H25ClN2O3. The molecule has 2 aromatic carbocycles. The number of rotatable bonds is 4. The molecular weight excluding hydrogens is 388 g/mol. The Hall–Kier alpha value is -2.63. The van der Waals surface area contributed by atoms with Gasteiger partial charge in [0.1, 0.15) is 5.76 Å². The van der Waals surface area contributed by atoms with Crippen molar-refractivity contribution in [2.75, 3.05) is 19.6 Å². The second-order valence-corrected chi connectivity index (χ2v) is 7.36. The van der Waals surface area contributed by atoms with Crippen LogP contribution in [0, 0.1) is 12.8 Å². The van der Waals surface area contributed by atoms with Crippen LogP contribution < -0.4 is 16.1 Å². The largest absolute Gasteiger partial charge is 0.455 e. The highest BCUT2D eigenvalue weighted by Gasteiger charge is 2.19. The maximum Gasteiger partial charge on any atom is 0.255 e. The first-order valence-corrected chi connectivity index (χ1v) is 9.76. The van der Waals surface area contributed by atoms with E-state index >= 15 is 0 Å². The van der Waals surface area contributed by atoms with Crippen molar-refractivity contribution in [3.05, 3.63) is 69.9 Å². The number of amides is 1. The highest BCUT2D eigenvalue weighted by atomic mass is 35.5. The summed E-state index contributed by atoms with van der Waals surface area (Å²) >= 11 is 0. The Labute approximate surface area is 175 Å². The molecule has 1 fully saturated rings. The summed E-state index contributed by atoms with van der Waals surface area (Å²) < 4.78 is 6.13. The Morgan fingerprint density at radius 3 is 2.69 bits per heavy atom. The maximum absolute atomic E-state index is 12.9. The molecule has 152 valence electrons. The summed E-state index contributed by atoms with van der Waals surface area (Å²) in [4.78, 5) is 25.8. The van der Waals surface area contributed by atoms with E-state index in [-0.39, 0.29) is 23.7 Å². The Balaban J connectivity index is 0.00000240. The standard InChI is InChI=1S/C23H24N2O3.ClH/c1-15-20(26)18-10-5-11-19(23(27)25-14-16-7-6-12-24-13-16)22(18)28-21(15)17-8-3-2-4-9-17;/h2-5,8-11,16,24H,6-7,12-14H2,1H3,(H,25,27);1H. The number of fused-ring (bicyclic) bond motifs is 1. The molecule has 1 atom stereocenters. The highest BCUT2D eigenvalue weighted by Crippen LogP contribution is 2.27. The first-order valence-electron chi connectivity index (χ1n) is 9.76. The number of piperidine rings is 1. The number of benzene rings is 2. The lowest BCUT2D eigenvalue weighted by atomic mass is 9.99. The third-order valence-electron chi connectivity index (χ3n) is 5.38. The first-order chi connectivity index (χ1) is 13.6. The van der Waals surface area contributed by atoms with Crippen LogP contribution in [-0.4, -0.2) is 25.5 Å². The molecule has 2 heterocycles. The van der Waals surface area contributed by atoms with Crippen molar-refractivity contribution in [1.29, 1.82) is 0 Å². The van der Waals surface area contributed by atoms with E-state index in [1.54, 1.807) is 25.1 Å². The molecule has 0 spiro atoms. The molecule has 0 aliphatic carbocycles. The normalized spacial score (nSPS) is 16.2. The molecule has 29 heavy (non-hydrogen) atoms. The molecule has 3 aromatic rings.